The number of carbonyl (C=O) groups is 2. The van der Waals surface area contributed by atoms with Crippen LogP contribution in [-0.2, 0) is 11.2 Å². The topological polar surface area (TPSA) is 121 Å². The highest BCUT2D eigenvalue weighted by atomic mass is 32.1. The molecule has 4 heterocycles. The second-order valence-electron chi connectivity index (χ2n) is 14.2. The number of ether oxygens (including phenoxy) is 1. The van der Waals surface area contributed by atoms with Gasteiger partial charge in [-0.25, -0.2) is 23.4 Å². The number of carboxylic acid groups (broad SMARTS) is 1. The minimum Gasteiger partial charge on any atom is -0.465 e. The van der Waals surface area contributed by atoms with Crippen LogP contribution in [-0.4, -0.2) is 67.4 Å². The largest absolute Gasteiger partial charge is 0.465 e. The first-order valence-electron chi connectivity index (χ1n) is 15.5. The summed E-state index contributed by atoms with van der Waals surface area (Å²) in [6.45, 7) is 13.5. The normalized spacial score (nSPS) is 19.9. The molecule has 0 spiro atoms. The molecule has 2 amide bonds. The molecule has 6 rings (SSSR count). The number of nitrogens with zero attached hydrogens (tertiary/aromatic N) is 5. The minimum absolute atomic E-state index is 0.0680. The van der Waals surface area contributed by atoms with Gasteiger partial charge < -0.3 is 14.7 Å². The van der Waals surface area contributed by atoms with Gasteiger partial charge in [0.25, 0.3) is 0 Å². The highest BCUT2D eigenvalue weighted by molar-refractivity contribution is 7.22. The van der Waals surface area contributed by atoms with Crippen LogP contribution in [0.4, 0.5) is 33.7 Å². The lowest BCUT2D eigenvalue weighted by atomic mass is 9.71. The van der Waals surface area contributed by atoms with E-state index in [0.717, 1.165) is 11.3 Å². The highest BCUT2D eigenvalue weighted by Crippen LogP contribution is 2.51. The van der Waals surface area contributed by atoms with Crippen molar-refractivity contribution in [3.63, 3.8) is 0 Å². The third-order valence-corrected chi connectivity index (χ3v) is 10.2. The molecule has 14 heteroatoms. The van der Waals surface area contributed by atoms with Gasteiger partial charge in [0.15, 0.2) is 10.9 Å². The second kappa shape index (κ2) is 11.2. The molecular weight excluding hydrogens is 633 g/mol. The average Bonchev–Trinajstić information content (AvgIpc) is 3.49. The van der Waals surface area contributed by atoms with Gasteiger partial charge in [-0.2, -0.15) is 14.4 Å². The number of thiazole rings is 1. The third-order valence-electron chi connectivity index (χ3n) is 9.22. The molecule has 2 aromatic heterocycles. The van der Waals surface area contributed by atoms with Gasteiger partial charge >= 0.3 is 18.3 Å². The fourth-order valence-corrected chi connectivity index (χ4v) is 7.99. The van der Waals surface area contributed by atoms with Crippen molar-refractivity contribution in [3.05, 3.63) is 41.5 Å². The lowest BCUT2D eigenvalue weighted by molar-refractivity contribution is 0.00527. The van der Waals surface area contributed by atoms with Crippen molar-refractivity contribution in [2.75, 3.05) is 23.3 Å². The Labute approximate surface area is 274 Å². The molecule has 2 N–H and O–H groups in total. The number of amides is 2. The van der Waals surface area contributed by atoms with Crippen LogP contribution in [0.1, 0.15) is 66.9 Å². The maximum absolute atomic E-state index is 16.8. The summed E-state index contributed by atoms with van der Waals surface area (Å²) < 4.78 is 52.4. The number of anilines is 2. The number of fused-ring (bicyclic) bond motifs is 4. The number of carbonyl (C=O) groups excluding carboxylic acids is 1. The number of aryl methyl sites for hydroxylation is 1. The lowest BCUT2D eigenvalue weighted by Crippen LogP contribution is -2.68. The number of benzene rings is 2. The molecule has 10 nitrogen and oxygen atoms in total. The molecule has 2 bridgehead atoms. The standard InChI is InChI=1S/C33H37F3N6O4S/c1-8-16-13-19-23(37-27(36)39-26(19)41-14-17-11-12-33(15-41,31(2,3)4)42(17)30(44)45)22(35)21(16)18-9-10-20(34)25-24(18)38-28(47-25)40-29(43)46-32(5,6)7/h9-10,13,17H,8,11-12,14-15H2,1-7H3,(H,44,45)(H,38,40,43). The Morgan fingerprint density at radius 1 is 1.11 bits per heavy atom. The molecule has 2 saturated heterocycles. The molecule has 250 valence electrons. The zero-order valence-electron chi connectivity index (χ0n) is 27.3. The molecule has 0 radical (unpaired) electrons. The first-order valence-corrected chi connectivity index (χ1v) is 16.3. The van der Waals surface area contributed by atoms with E-state index in [-0.39, 0.29) is 56.9 Å². The zero-order chi connectivity index (χ0) is 34.2. The smallest absolute Gasteiger partial charge is 0.413 e. The second-order valence-corrected chi connectivity index (χ2v) is 15.2. The van der Waals surface area contributed by atoms with E-state index in [0.29, 0.717) is 30.2 Å². The fraction of sp³-hybridized carbons (Fsp3) is 0.485. The number of hydrogen-bond acceptors (Lipinski definition) is 8. The summed E-state index contributed by atoms with van der Waals surface area (Å²) in [5, 5.41) is 13.0. The minimum atomic E-state index is -1.12. The van der Waals surface area contributed by atoms with Crippen LogP contribution in [0.2, 0.25) is 0 Å². The van der Waals surface area contributed by atoms with Gasteiger partial charge in [-0.15, -0.1) is 0 Å². The van der Waals surface area contributed by atoms with E-state index in [1.165, 1.54) is 12.1 Å². The molecule has 0 aliphatic carbocycles. The van der Waals surface area contributed by atoms with E-state index < -0.39 is 46.5 Å². The first kappa shape index (κ1) is 32.7. The molecule has 2 unspecified atom stereocenters. The van der Waals surface area contributed by atoms with E-state index in [9.17, 15) is 14.7 Å². The molecule has 0 saturated carbocycles. The summed E-state index contributed by atoms with van der Waals surface area (Å²) in [7, 11) is 0. The number of piperazine rings is 1. The van der Waals surface area contributed by atoms with Gasteiger partial charge in [0.05, 0.1) is 21.8 Å². The number of rotatable bonds is 4. The quantitative estimate of drug-likeness (QED) is 0.210. The van der Waals surface area contributed by atoms with Crippen molar-refractivity contribution < 1.29 is 32.6 Å². The summed E-state index contributed by atoms with van der Waals surface area (Å²) in [6.07, 6.45) is -1.26. The Kier molecular flexibility index (Phi) is 7.80. The van der Waals surface area contributed by atoms with Crippen LogP contribution in [0.15, 0.2) is 18.2 Å². The van der Waals surface area contributed by atoms with E-state index in [2.05, 4.69) is 20.3 Å². The van der Waals surface area contributed by atoms with E-state index >= 15 is 13.2 Å². The maximum atomic E-state index is 16.8. The van der Waals surface area contributed by atoms with Gasteiger partial charge in [-0.1, -0.05) is 39.0 Å². The van der Waals surface area contributed by atoms with Crippen molar-refractivity contribution in [2.45, 2.75) is 84.9 Å². The average molecular weight is 671 g/mol. The van der Waals surface area contributed by atoms with Gasteiger partial charge in [0, 0.05) is 29.6 Å². The Balaban J connectivity index is 1.49. The summed E-state index contributed by atoms with van der Waals surface area (Å²) in [5.41, 5.74) is -1.24. The van der Waals surface area contributed by atoms with Crippen LogP contribution in [0.3, 0.4) is 0 Å². The highest BCUT2D eigenvalue weighted by Gasteiger charge is 2.59. The van der Waals surface area contributed by atoms with Crippen LogP contribution in [0, 0.1) is 23.1 Å². The number of hydrogen-bond donors (Lipinski definition) is 2. The summed E-state index contributed by atoms with van der Waals surface area (Å²) in [5.74, 6) is -1.22. The van der Waals surface area contributed by atoms with Crippen LogP contribution < -0.4 is 10.2 Å². The molecular formula is C33H37F3N6O4S. The van der Waals surface area contributed by atoms with Crippen molar-refractivity contribution in [3.8, 4) is 11.1 Å². The Hall–Kier alpha value is -4.20. The van der Waals surface area contributed by atoms with E-state index in [4.69, 9.17) is 4.74 Å². The van der Waals surface area contributed by atoms with Crippen molar-refractivity contribution in [1.29, 1.82) is 0 Å². The number of nitrogens with one attached hydrogen (secondary N) is 1. The van der Waals surface area contributed by atoms with Crippen molar-refractivity contribution in [2.24, 2.45) is 5.41 Å². The van der Waals surface area contributed by atoms with Gasteiger partial charge in [-0.3, -0.25) is 10.2 Å². The van der Waals surface area contributed by atoms with Gasteiger partial charge in [0.1, 0.15) is 22.8 Å². The lowest BCUT2D eigenvalue weighted by Gasteiger charge is -2.54. The number of halogens is 3. The Bertz CT molecular complexity index is 1940. The molecule has 47 heavy (non-hydrogen) atoms. The molecule has 2 fully saturated rings. The molecule has 2 aliphatic rings. The monoisotopic (exact) mass is 670 g/mol. The van der Waals surface area contributed by atoms with Crippen molar-refractivity contribution in [1.82, 2.24) is 19.9 Å². The SMILES string of the molecule is CCc1cc2c(N3CC4CCC(C(C)(C)C)(C3)N4C(=O)O)nc(F)nc2c(F)c1-c1ccc(F)c2sc(NC(=O)OC(C)(C)C)nc12. The van der Waals surface area contributed by atoms with Crippen LogP contribution in [0.5, 0.6) is 0 Å². The predicted octanol–water partition coefficient (Wildman–Crippen LogP) is 7.98. The Morgan fingerprint density at radius 3 is 2.47 bits per heavy atom. The molecule has 4 aromatic rings. The first-order chi connectivity index (χ1) is 21.9. The van der Waals surface area contributed by atoms with E-state index in [1.54, 1.807) is 31.7 Å². The zero-order valence-corrected chi connectivity index (χ0v) is 28.1. The maximum Gasteiger partial charge on any atom is 0.413 e. The number of aromatic nitrogens is 3. The summed E-state index contributed by atoms with van der Waals surface area (Å²) >= 11 is 0.885. The summed E-state index contributed by atoms with van der Waals surface area (Å²) in [4.78, 5) is 40.7. The van der Waals surface area contributed by atoms with Gasteiger partial charge in [0.2, 0.25) is 0 Å². The molecule has 2 aliphatic heterocycles. The predicted molar refractivity (Wildman–Crippen MR) is 175 cm³/mol. The third kappa shape index (κ3) is 5.49. The fourth-order valence-electron chi connectivity index (χ4n) is 7.11. The van der Waals surface area contributed by atoms with E-state index in [1.807, 2.05) is 32.6 Å². The van der Waals surface area contributed by atoms with Crippen molar-refractivity contribution >= 4 is 55.6 Å². The van der Waals surface area contributed by atoms with Crippen LogP contribution in [0.25, 0.3) is 32.2 Å². The van der Waals surface area contributed by atoms with Gasteiger partial charge in [-0.05, 0) is 69.2 Å². The summed E-state index contributed by atoms with van der Waals surface area (Å²) in [6, 6.07) is 3.99. The Morgan fingerprint density at radius 2 is 1.83 bits per heavy atom. The molecule has 2 atom stereocenters. The van der Waals surface area contributed by atoms with Crippen LogP contribution >= 0.6 is 11.3 Å². The molecule has 2 aromatic carbocycles.